The van der Waals surface area contributed by atoms with E-state index in [0.29, 0.717) is 30.6 Å². The zero-order valence-electron chi connectivity index (χ0n) is 11.7. The monoisotopic (exact) mass is 309 g/mol. The van der Waals surface area contributed by atoms with E-state index in [0.717, 1.165) is 17.7 Å². The quantitative estimate of drug-likeness (QED) is 0.711. The standard InChI is InChI=1S/C14H19N3O3S/c15-11-6-9-3-4-14(18)17-12(9)7-13(11)16-10-2-1-5-21(19,20)8-10/h6-7,10,16H,1-5,8,15H2,(H,17,18). The minimum atomic E-state index is -2.96. The largest absolute Gasteiger partial charge is 0.397 e. The van der Waals surface area contributed by atoms with Gasteiger partial charge in [-0.3, -0.25) is 4.79 Å². The lowest BCUT2D eigenvalue weighted by atomic mass is 10.0. The second kappa shape index (κ2) is 5.22. The van der Waals surface area contributed by atoms with Crippen LogP contribution in [0.5, 0.6) is 0 Å². The van der Waals surface area contributed by atoms with Gasteiger partial charge in [0.15, 0.2) is 9.84 Å². The third kappa shape index (κ3) is 3.12. The molecule has 3 rings (SSSR count). The number of aryl methyl sites for hydroxylation is 1. The maximum atomic E-state index is 11.7. The molecule has 1 unspecified atom stereocenters. The minimum absolute atomic E-state index is 0.00142. The van der Waals surface area contributed by atoms with E-state index in [1.807, 2.05) is 12.1 Å². The average Bonchev–Trinajstić information content (AvgIpc) is 2.39. The normalized spacial score (nSPS) is 24.0. The maximum Gasteiger partial charge on any atom is 0.224 e. The molecule has 114 valence electrons. The van der Waals surface area contributed by atoms with E-state index in [1.54, 1.807) is 0 Å². The van der Waals surface area contributed by atoms with Gasteiger partial charge in [0.25, 0.3) is 0 Å². The van der Waals surface area contributed by atoms with Crippen LogP contribution in [0.25, 0.3) is 0 Å². The first-order valence-electron chi connectivity index (χ1n) is 7.12. The summed E-state index contributed by atoms with van der Waals surface area (Å²) in [4.78, 5) is 11.5. The van der Waals surface area contributed by atoms with Gasteiger partial charge >= 0.3 is 0 Å². The van der Waals surface area contributed by atoms with Crippen molar-refractivity contribution < 1.29 is 13.2 Å². The van der Waals surface area contributed by atoms with Crippen LogP contribution in [0.3, 0.4) is 0 Å². The first-order valence-corrected chi connectivity index (χ1v) is 8.94. The molecule has 2 heterocycles. The number of benzene rings is 1. The molecule has 21 heavy (non-hydrogen) atoms. The van der Waals surface area contributed by atoms with Crippen molar-refractivity contribution in [1.82, 2.24) is 0 Å². The topological polar surface area (TPSA) is 101 Å². The van der Waals surface area contributed by atoms with Gasteiger partial charge in [0, 0.05) is 18.2 Å². The van der Waals surface area contributed by atoms with E-state index < -0.39 is 9.84 Å². The van der Waals surface area contributed by atoms with E-state index in [2.05, 4.69) is 10.6 Å². The number of hydrogen-bond acceptors (Lipinski definition) is 5. The first-order chi connectivity index (χ1) is 9.93. The first kappa shape index (κ1) is 14.2. The lowest BCUT2D eigenvalue weighted by Crippen LogP contribution is -2.35. The molecular weight excluding hydrogens is 290 g/mol. The van der Waals surface area contributed by atoms with E-state index in [4.69, 9.17) is 5.73 Å². The molecule has 1 aromatic carbocycles. The van der Waals surface area contributed by atoms with E-state index in [-0.39, 0.29) is 23.5 Å². The van der Waals surface area contributed by atoms with Gasteiger partial charge in [-0.15, -0.1) is 0 Å². The third-order valence-electron chi connectivity index (χ3n) is 3.99. The Morgan fingerprint density at radius 3 is 2.86 bits per heavy atom. The van der Waals surface area contributed by atoms with E-state index >= 15 is 0 Å². The van der Waals surface area contributed by atoms with Crippen LogP contribution < -0.4 is 16.4 Å². The molecule has 0 saturated carbocycles. The highest BCUT2D eigenvalue weighted by Crippen LogP contribution is 2.32. The van der Waals surface area contributed by atoms with Gasteiger partial charge in [-0.05, 0) is 37.0 Å². The number of carbonyl (C=O) groups excluding carboxylic acids is 1. The lowest BCUT2D eigenvalue weighted by Gasteiger charge is -2.26. The summed E-state index contributed by atoms with van der Waals surface area (Å²) in [6, 6.07) is 3.54. The molecule has 7 heteroatoms. The lowest BCUT2D eigenvalue weighted by molar-refractivity contribution is -0.116. The number of carbonyl (C=O) groups is 1. The summed E-state index contributed by atoms with van der Waals surface area (Å²) in [5.41, 5.74) is 9.11. The number of amides is 1. The average molecular weight is 309 g/mol. The maximum absolute atomic E-state index is 11.7. The molecule has 1 aromatic rings. The molecule has 0 bridgehead atoms. The van der Waals surface area contributed by atoms with Gasteiger partial charge < -0.3 is 16.4 Å². The predicted molar refractivity (Wildman–Crippen MR) is 83.1 cm³/mol. The summed E-state index contributed by atoms with van der Waals surface area (Å²) < 4.78 is 23.4. The van der Waals surface area contributed by atoms with Crippen molar-refractivity contribution in [2.24, 2.45) is 0 Å². The Balaban J connectivity index is 1.82. The van der Waals surface area contributed by atoms with Gasteiger partial charge in [0.2, 0.25) is 5.91 Å². The van der Waals surface area contributed by atoms with Gasteiger partial charge in [-0.25, -0.2) is 8.42 Å². The summed E-state index contributed by atoms with van der Waals surface area (Å²) >= 11 is 0. The summed E-state index contributed by atoms with van der Waals surface area (Å²) in [5.74, 6) is 0.398. The third-order valence-corrected chi connectivity index (χ3v) is 5.81. The van der Waals surface area contributed by atoms with Crippen LogP contribution in [-0.4, -0.2) is 31.9 Å². The number of nitrogens with one attached hydrogen (secondary N) is 2. The van der Waals surface area contributed by atoms with Gasteiger partial charge in [0.05, 0.1) is 22.9 Å². The molecular formula is C14H19N3O3S. The number of rotatable bonds is 2. The second-order valence-electron chi connectivity index (χ2n) is 5.74. The smallest absolute Gasteiger partial charge is 0.224 e. The second-order valence-corrected chi connectivity index (χ2v) is 7.97. The highest BCUT2D eigenvalue weighted by Gasteiger charge is 2.25. The van der Waals surface area contributed by atoms with Crippen LogP contribution >= 0.6 is 0 Å². The van der Waals surface area contributed by atoms with Crippen LogP contribution in [0.2, 0.25) is 0 Å². The minimum Gasteiger partial charge on any atom is -0.397 e. The van der Waals surface area contributed by atoms with Gasteiger partial charge in [-0.1, -0.05) is 0 Å². The Kier molecular flexibility index (Phi) is 3.52. The van der Waals surface area contributed by atoms with Crippen LogP contribution in [0, 0.1) is 0 Å². The number of nitrogens with two attached hydrogens (primary N) is 1. The molecule has 0 aromatic heterocycles. The van der Waals surface area contributed by atoms with Crippen molar-refractivity contribution in [3.05, 3.63) is 17.7 Å². The number of sulfone groups is 1. The fourth-order valence-electron chi connectivity index (χ4n) is 2.93. The van der Waals surface area contributed by atoms with Gasteiger partial charge in [-0.2, -0.15) is 0 Å². The Morgan fingerprint density at radius 2 is 2.10 bits per heavy atom. The Labute approximate surface area is 124 Å². The molecule has 2 aliphatic heterocycles. The fourth-order valence-corrected chi connectivity index (χ4v) is 4.57. The Morgan fingerprint density at radius 1 is 1.29 bits per heavy atom. The molecule has 0 radical (unpaired) electrons. The number of fused-ring (bicyclic) bond motifs is 1. The number of nitrogen functional groups attached to an aromatic ring is 1. The molecule has 1 atom stereocenters. The number of anilines is 3. The highest BCUT2D eigenvalue weighted by molar-refractivity contribution is 7.91. The van der Waals surface area contributed by atoms with Crippen molar-refractivity contribution >= 4 is 32.8 Å². The number of hydrogen-bond donors (Lipinski definition) is 3. The van der Waals surface area contributed by atoms with E-state index in [9.17, 15) is 13.2 Å². The Bertz CT molecular complexity index is 685. The van der Waals surface area contributed by atoms with Crippen molar-refractivity contribution in [1.29, 1.82) is 0 Å². The molecule has 0 aliphatic carbocycles. The van der Waals surface area contributed by atoms with Crippen molar-refractivity contribution in [2.45, 2.75) is 31.7 Å². The van der Waals surface area contributed by atoms with Crippen molar-refractivity contribution in [3.8, 4) is 0 Å². The molecule has 4 N–H and O–H groups in total. The van der Waals surface area contributed by atoms with Crippen LogP contribution in [-0.2, 0) is 21.1 Å². The molecule has 1 fully saturated rings. The molecule has 1 amide bonds. The molecule has 2 aliphatic rings. The van der Waals surface area contributed by atoms with Crippen LogP contribution in [0.4, 0.5) is 17.1 Å². The van der Waals surface area contributed by atoms with E-state index in [1.165, 1.54) is 0 Å². The summed E-state index contributed by atoms with van der Waals surface area (Å²) in [6.07, 6.45) is 2.63. The van der Waals surface area contributed by atoms with Crippen molar-refractivity contribution in [2.75, 3.05) is 27.9 Å². The molecule has 6 nitrogen and oxygen atoms in total. The van der Waals surface area contributed by atoms with Crippen LogP contribution in [0.15, 0.2) is 12.1 Å². The zero-order valence-corrected chi connectivity index (χ0v) is 12.5. The summed E-state index contributed by atoms with van der Waals surface area (Å²) in [7, 11) is -2.96. The van der Waals surface area contributed by atoms with Crippen LogP contribution in [0.1, 0.15) is 24.8 Å². The highest BCUT2D eigenvalue weighted by atomic mass is 32.2. The summed E-state index contributed by atoms with van der Waals surface area (Å²) in [6.45, 7) is 0. The Hall–Kier alpha value is -1.76. The van der Waals surface area contributed by atoms with Gasteiger partial charge in [0.1, 0.15) is 0 Å². The zero-order chi connectivity index (χ0) is 15.0. The van der Waals surface area contributed by atoms with Crippen molar-refractivity contribution in [3.63, 3.8) is 0 Å². The molecule has 1 saturated heterocycles. The fraction of sp³-hybridized carbons (Fsp3) is 0.500. The predicted octanol–water partition coefficient (Wildman–Crippen LogP) is 1.14. The summed E-state index contributed by atoms with van der Waals surface area (Å²) in [5, 5.41) is 6.04. The molecule has 0 spiro atoms. The SMILES string of the molecule is Nc1cc2c(cc1NC1CCCS(=O)(=O)C1)NC(=O)CC2.